The summed E-state index contributed by atoms with van der Waals surface area (Å²) in [5.74, 6) is -0.601. The standard InChI is InChI=1S/C23H36N2O5S/c26-15-14-25-23(30)10-6-2-1-5-9-19-20(22(29)16-21(19)28)12-11-18(27)8-4-3-7-13-24-17-31/h1,5,11-12,18-20,22,26-27,29H,2-4,6-10,13-16H2,(H,25,30)/b5-1-,12-11+/t18-,19-,20-,22-/m1/s1. The second-order valence-electron chi connectivity index (χ2n) is 7.87. The number of isothiocyanates is 1. The first-order valence-corrected chi connectivity index (χ1v) is 11.5. The molecular weight excluding hydrogens is 416 g/mol. The molecule has 0 heterocycles. The van der Waals surface area contributed by atoms with Crippen molar-refractivity contribution in [2.24, 2.45) is 16.8 Å². The lowest BCUT2D eigenvalue weighted by atomic mass is 9.90. The van der Waals surface area contributed by atoms with Gasteiger partial charge in [0.1, 0.15) is 5.78 Å². The van der Waals surface area contributed by atoms with Crippen molar-refractivity contribution in [2.45, 2.75) is 70.0 Å². The van der Waals surface area contributed by atoms with Crippen LogP contribution in [0.15, 0.2) is 29.3 Å². The number of hydrogen-bond donors (Lipinski definition) is 4. The summed E-state index contributed by atoms with van der Waals surface area (Å²) in [7, 11) is 0. The van der Waals surface area contributed by atoms with Gasteiger partial charge in [-0.05, 0) is 44.3 Å². The predicted molar refractivity (Wildman–Crippen MR) is 124 cm³/mol. The molecule has 0 unspecified atom stereocenters. The summed E-state index contributed by atoms with van der Waals surface area (Å²) in [4.78, 5) is 27.6. The Kier molecular flexibility index (Phi) is 14.9. The molecule has 0 spiro atoms. The molecule has 0 bridgehead atoms. The molecule has 7 nitrogen and oxygen atoms in total. The number of amides is 1. The minimum Gasteiger partial charge on any atom is -0.395 e. The van der Waals surface area contributed by atoms with Gasteiger partial charge >= 0.3 is 0 Å². The number of unbranched alkanes of at least 4 members (excludes halogenated alkanes) is 3. The van der Waals surface area contributed by atoms with Crippen LogP contribution in [-0.2, 0) is 9.59 Å². The van der Waals surface area contributed by atoms with E-state index < -0.39 is 12.2 Å². The van der Waals surface area contributed by atoms with E-state index in [0.29, 0.717) is 32.2 Å². The molecule has 1 saturated carbocycles. The number of aliphatic hydroxyl groups excluding tert-OH is 3. The Balaban J connectivity index is 2.37. The molecule has 0 aliphatic heterocycles. The highest BCUT2D eigenvalue weighted by Gasteiger charge is 2.39. The Hall–Kier alpha value is -1.70. The van der Waals surface area contributed by atoms with Crippen LogP contribution in [0.25, 0.3) is 0 Å². The zero-order valence-corrected chi connectivity index (χ0v) is 18.9. The van der Waals surface area contributed by atoms with Crippen molar-refractivity contribution in [3.05, 3.63) is 24.3 Å². The van der Waals surface area contributed by atoms with Crippen molar-refractivity contribution in [3.8, 4) is 0 Å². The number of hydrogen-bond acceptors (Lipinski definition) is 7. The first-order chi connectivity index (χ1) is 15.0. The second kappa shape index (κ2) is 16.9. The summed E-state index contributed by atoms with van der Waals surface area (Å²) in [6.07, 6.45) is 12.0. The number of aliphatic imine (C=N–C) groups is 1. The third kappa shape index (κ3) is 12.1. The molecule has 4 atom stereocenters. The van der Waals surface area contributed by atoms with Gasteiger partial charge < -0.3 is 20.6 Å². The Labute approximate surface area is 190 Å². The van der Waals surface area contributed by atoms with E-state index in [1.165, 1.54) is 0 Å². The summed E-state index contributed by atoms with van der Waals surface area (Å²) in [5, 5.41) is 34.0. The highest BCUT2D eigenvalue weighted by Crippen LogP contribution is 2.33. The van der Waals surface area contributed by atoms with Gasteiger partial charge in [0.25, 0.3) is 0 Å². The maximum atomic E-state index is 12.3. The van der Waals surface area contributed by atoms with Gasteiger partial charge in [-0.1, -0.05) is 37.1 Å². The molecule has 1 aliphatic carbocycles. The lowest BCUT2D eigenvalue weighted by Gasteiger charge is -2.16. The number of nitrogens with zero attached hydrogens (tertiary/aromatic N) is 1. The average Bonchev–Trinajstić information content (AvgIpc) is 3.02. The number of ketones is 1. The summed E-state index contributed by atoms with van der Waals surface area (Å²) in [5.41, 5.74) is 0. The molecule has 4 N–H and O–H groups in total. The van der Waals surface area contributed by atoms with Gasteiger partial charge in [-0.2, -0.15) is 0 Å². The van der Waals surface area contributed by atoms with Gasteiger partial charge in [0.15, 0.2) is 0 Å². The van der Waals surface area contributed by atoms with E-state index in [1.807, 2.05) is 12.2 Å². The fourth-order valence-electron chi connectivity index (χ4n) is 3.67. The molecule has 1 fully saturated rings. The molecule has 1 amide bonds. The van der Waals surface area contributed by atoms with Crippen LogP contribution in [-0.4, -0.2) is 64.1 Å². The SMILES string of the molecule is O=C(CCC/C=C\C[C@H]1C(=O)C[C@@H](O)[C@@H]1/C=C/[C@H](O)CCCCCN=C=S)NCCO. The monoisotopic (exact) mass is 452 g/mol. The van der Waals surface area contributed by atoms with Gasteiger partial charge in [-0.3, -0.25) is 9.59 Å². The van der Waals surface area contributed by atoms with Gasteiger partial charge in [0, 0.05) is 37.8 Å². The minimum absolute atomic E-state index is 0.0452. The van der Waals surface area contributed by atoms with Crippen LogP contribution in [0.1, 0.15) is 57.8 Å². The zero-order valence-electron chi connectivity index (χ0n) is 18.1. The molecular formula is C23H36N2O5S. The van der Waals surface area contributed by atoms with E-state index in [1.54, 1.807) is 12.2 Å². The number of carbonyl (C=O) groups is 2. The van der Waals surface area contributed by atoms with E-state index >= 15 is 0 Å². The van der Waals surface area contributed by atoms with Crippen LogP contribution in [0.4, 0.5) is 0 Å². The molecule has 8 heteroatoms. The fourth-order valence-corrected chi connectivity index (χ4v) is 3.76. The molecule has 0 saturated heterocycles. The van der Waals surface area contributed by atoms with Crippen molar-refractivity contribution in [2.75, 3.05) is 19.7 Å². The number of nitrogens with one attached hydrogen (secondary N) is 1. The first-order valence-electron chi connectivity index (χ1n) is 11.1. The number of allylic oxidation sites excluding steroid dienone is 2. The lowest BCUT2D eigenvalue weighted by Crippen LogP contribution is -2.25. The Morgan fingerprint density at radius 3 is 2.84 bits per heavy atom. The van der Waals surface area contributed by atoms with Crippen molar-refractivity contribution < 1.29 is 24.9 Å². The summed E-state index contributed by atoms with van der Waals surface area (Å²) in [6.45, 7) is 0.871. The van der Waals surface area contributed by atoms with Crippen LogP contribution >= 0.6 is 12.2 Å². The van der Waals surface area contributed by atoms with Crippen LogP contribution < -0.4 is 5.32 Å². The van der Waals surface area contributed by atoms with E-state index in [9.17, 15) is 19.8 Å². The highest BCUT2D eigenvalue weighted by atomic mass is 32.1. The Bertz CT molecular complexity index is 646. The number of carbonyl (C=O) groups excluding carboxylic acids is 2. The van der Waals surface area contributed by atoms with Crippen LogP contribution in [0.3, 0.4) is 0 Å². The topological polar surface area (TPSA) is 119 Å². The molecule has 1 rings (SSSR count). The quantitative estimate of drug-likeness (QED) is 0.124. The smallest absolute Gasteiger partial charge is 0.220 e. The molecule has 174 valence electrons. The molecule has 0 aromatic heterocycles. The summed E-state index contributed by atoms with van der Waals surface area (Å²) in [6, 6.07) is 0. The Morgan fingerprint density at radius 2 is 2.10 bits per heavy atom. The largest absolute Gasteiger partial charge is 0.395 e. The van der Waals surface area contributed by atoms with Crippen molar-refractivity contribution >= 4 is 29.1 Å². The van der Waals surface area contributed by atoms with Gasteiger partial charge in [-0.25, -0.2) is 4.99 Å². The summed E-state index contributed by atoms with van der Waals surface area (Å²) < 4.78 is 0. The van der Waals surface area contributed by atoms with E-state index in [0.717, 1.165) is 25.7 Å². The van der Waals surface area contributed by atoms with Crippen molar-refractivity contribution in [1.29, 1.82) is 0 Å². The third-order valence-corrected chi connectivity index (χ3v) is 5.52. The Morgan fingerprint density at radius 1 is 1.29 bits per heavy atom. The van der Waals surface area contributed by atoms with Gasteiger partial charge in [-0.15, -0.1) is 0 Å². The predicted octanol–water partition coefficient (Wildman–Crippen LogP) is 2.36. The second-order valence-corrected chi connectivity index (χ2v) is 8.05. The van der Waals surface area contributed by atoms with Crippen molar-refractivity contribution in [1.82, 2.24) is 5.32 Å². The fraction of sp³-hybridized carbons (Fsp3) is 0.696. The number of aliphatic hydroxyl groups is 3. The number of thiocarbonyl (C=S) groups is 1. The molecule has 0 aromatic rings. The van der Waals surface area contributed by atoms with E-state index in [-0.39, 0.29) is 43.1 Å². The normalized spacial score (nSPS) is 22.2. The van der Waals surface area contributed by atoms with E-state index in [4.69, 9.17) is 5.11 Å². The van der Waals surface area contributed by atoms with Crippen LogP contribution in [0.2, 0.25) is 0 Å². The lowest BCUT2D eigenvalue weighted by molar-refractivity contribution is -0.122. The van der Waals surface area contributed by atoms with Gasteiger partial charge in [0.05, 0.1) is 24.0 Å². The maximum absolute atomic E-state index is 12.3. The molecule has 31 heavy (non-hydrogen) atoms. The van der Waals surface area contributed by atoms with Crippen LogP contribution in [0.5, 0.6) is 0 Å². The maximum Gasteiger partial charge on any atom is 0.220 e. The zero-order chi connectivity index (χ0) is 22.9. The number of rotatable bonds is 16. The van der Waals surface area contributed by atoms with Crippen LogP contribution in [0, 0.1) is 11.8 Å². The molecule has 0 aromatic carbocycles. The highest BCUT2D eigenvalue weighted by molar-refractivity contribution is 7.78. The molecule has 1 aliphatic rings. The first kappa shape index (κ1) is 27.3. The third-order valence-electron chi connectivity index (χ3n) is 5.39. The summed E-state index contributed by atoms with van der Waals surface area (Å²) >= 11 is 4.52. The van der Waals surface area contributed by atoms with Gasteiger partial charge in [0.2, 0.25) is 5.91 Å². The van der Waals surface area contributed by atoms with E-state index in [2.05, 4.69) is 27.7 Å². The van der Waals surface area contributed by atoms with Crippen molar-refractivity contribution in [3.63, 3.8) is 0 Å². The number of Topliss-reactive ketones (excluding diaryl/α,β-unsaturated/α-hetero) is 1. The molecule has 0 radical (unpaired) electrons. The minimum atomic E-state index is -0.711. The average molecular weight is 453 g/mol.